The van der Waals surface area contributed by atoms with E-state index in [1.807, 2.05) is 6.07 Å². The lowest BCUT2D eigenvalue weighted by molar-refractivity contribution is -0.127. The first-order valence-electron chi connectivity index (χ1n) is 18.7. The molecule has 0 bridgehead atoms. The Bertz CT molecular complexity index is 2030. The van der Waals surface area contributed by atoms with Crippen molar-refractivity contribution in [1.82, 2.24) is 25.0 Å². The van der Waals surface area contributed by atoms with Gasteiger partial charge in [0.1, 0.15) is 12.5 Å². The highest BCUT2D eigenvalue weighted by Gasteiger charge is 2.31. The Morgan fingerprint density at radius 3 is 2.18 bits per heavy atom. The molecular weight excluding hydrogens is 779 g/mol. The zero-order valence-electron chi connectivity index (χ0n) is 34.5. The van der Waals surface area contributed by atoms with Gasteiger partial charge in [-0.25, -0.2) is 18.9 Å². The first-order valence-corrected chi connectivity index (χ1v) is 26.1. The number of fused-ring (bicyclic) bond motifs is 1. The molecule has 0 radical (unpaired) electrons. The highest BCUT2D eigenvalue weighted by atomic mass is 28.3. The molecule has 0 unspecified atom stereocenters. The predicted molar refractivity (Wildman–Crippen MR) is 221 cm³/mol. The van der Waals surface area contributed by atoms with Gasteiger partial charge in [0.2, 0.25) is 0 Å². The molecule has 4 rings (SSSR count). The lowest BCUT2D eigenvalue weighted by Gasteiger charge is -2.24. The van der Waals surface area contributed by atoms with E-state index >= 15 is 4.39 Å². The van der Waals surface area contributed by atoms with Crippen molar-refractivity contribution >= 4 is 50.5 Å². The fourth-order valence-corrected chi connectivity index (χ4v) is 7.30. The Hall–Kier alpha value is -4.53. The van der Waals surface area contributed by atoms with E-state index < -0.39 is 40.5 Å². The monoisotopic (exact) mass is 833 g/mol. The fraction of sp³-hybridized carbons (Fsp3) is 0.487. The van der Waals surface area contributed by atoms with Gasteiger partial charge in [0.25, 0.3) is 5.91 Å². The molecule has 2 heterocycles. The van der Waals surface area contributed by atoms with Gasteiger partial charge in [-0.3, -0.25) is 9.69 Å². The smallest absolute Gasteiger partial charge is 0.393 e. The molecule has 3 amide bonds. The van der Waals surface area contributed by atoms with Crippen LogP contribution in [0.5, 0.6) is 5.75 Å². The molecule has 0 aliphatic carbocycles. The van der Waals surface area contributed by atoms with Gasteiger partial charge in [-0.15, -0.1) is 0 Å². The molecule has 0 aliphatic heterocycles. The maximum absolute atomic E-state index is 15.8. The summed E-state index contributed by atoms with van der Waals surface area (Å²) in [5.74, 6) is -1.73. The van der Waals surface area contributed by atoms with Crippen molar-refractivity contribution in [2.45, 2.75) is 77.2 Å². The third-order valence-electron chi connectivity index (χ3n) is 8.97. The van der Waals surface area contributed by atoms with E-state index in [9.17, 15) is 22.8 Å². The van der Waals surface area contributed by atoms with Crippen LogP contribution in [0.25, 0.3) is 22.2 Å². The minimum Gasteiger partial charge on any atom is -0.464 e. The van der Waals surface area contributed by atoms with Crippen LogP contribution in [-0.4, -0.2) is 102 Å². The number of nitrogens with one attached hydrogen (secondary N) is 2. The quantitative estimate of drug-likeness (QED) is 0.0444. The van der Waals surface area contributed by atoms with Gasteiger partial charge in [-0.05, 0) is 47.5 Å². The minimum absolute atomic E-state index is 0.00407. The summed E-state index contributed by atoms with van der Waals surface area (Å²) in [5, 5.41) is 10.7. The van der Waals surface area contributed by atoms with Crippen molar-refractivity contribution in [1.29, 1.82) is 0 Å². The molecule has 2 aromatic heterocycles. The Labute approximate surface area is 333 Å². The summed E-state index contributed by atoms with van der Waals surface area (Å²) >= 11 is 0. The number of amides is 3. The lowest BCUT2D eigenvalue weighted by atomic mass is 9.99. The van der Waals surface area contributed by atoms with Gasteiger partial charge in [-0.2, -0.15) is 18.3 Å². The highest BCUT2D eigenvalue weighted by molar-refractivity contribution is 6.76. The number of para-hydroxylation sites is 1. The van der Waals surface area contributed by atoms with Crippen LogP contribution in [0.2, 0.25) is 51.4 Å². The van der Waals surface area contributed by atoms with Crippen LogP contribution in [0, 0.1) is 5.82 Å². The summed E-state index contributed by atoms with van der Waals surface area (Å²) in [6, 6.07) is 12.1. The number of ether oxygens (including phenoxy) is 3. The Balaban J connectivity index is 1.88. The van der Waals surface area contributed by atoms with Crippen molar-refractivity contribution in [3.05, 3.63) is 65.1 Å². The Kier molecular flexibility index (Phi) is 14.9. The van der Waals surface area contributed by atoms with Crippen molar-refractivity contribution < 1.29 is 41.4 Å². The Morgan fingerprint density at radius 2 is 1.56 bits per heavy atom. The van der Waals surface area contributed by atoms with Gasteiger partial charge in [0, 0.05) is 69.7 Å². The Morgan fingerprint density at radius 1 is 0.912 bits per heavy atom. The summed E-state index contributed by atoms with van der Waals surface area (Å²) in [4.78, 5) is 33.9. The molecule has 0 spiro atoms. The van der Waals surface area contributed by atoms with Crippen molar-refractivity contribution in [2.75, 3.05) is 58.4 Å². The third-order valence-corrected chi connectivity index (χ3v) is 12.4. The molecule has 12 nitrogen and oxygen atoms in total. The predicted octanol–water partition coefficient (Wildman–Crippen LogP) is 8.44. The fourth-order valence-electron chi connectivity index (χ4n) is 5.78. The number of hydrogen-bond acceptors (Lipinski definition) is 8. The molecule has 0 saturated heterocycles. The summed E-state index contributed by atoms with van der Waals surface area (Å²) in [5.41, 5.74) is 1.15. The van der Waals surface area contributed by atoms with Gasteiger partial charge >= 0.3 is 12.2 Å². The van der Waals surface area contributed by atoms with E-state index in [4.69, 9.17) is 19.2 Å². The largest absolute Gasteiger partial charge is 0.464 e. The van der Waals surface area contributed by atoms with E-state index in [0.29, 0.717) is 30.0 Å². The van der Waals surface area contributed by atoms with Crippen LogP contribution in [0.1, 0.15) is 21.6 Å². The highest BCUT2D eigenvalue weighted by Crippen LogP contribution is 2.37. The van der Waals surface area contributed by atoms with Crippen LogP contribution >= 0.6 is 0 Å². The van der Waals surface area contributed by atoms with Crippen molar-refractivity contribution in [2.24, 2.45) is 0 Å². The van der Waals surface area contributed by atoms with Crippen molar-refractivity contribution in [3.63, 3.8) is 0 Å². The summed E-state index contributed by atoms with van der Waals surface area (Å²) in [7, 11) is 3.48. The van der Waals surface area contributed by atoms with Gasteiger partial charge < -0.3 is 29.7 Å². The number of hydrogen-bond donors (Lipinski definition) is 2. The SMILES string of the molecule is CNC(=O)c1nn(COCC[Si](C)(C)C)c2cc(-c3cc(F)c(OCOCC[Si](C)(C)C)cc3CC(F)(F)F)nc(NCc3ccccc3N(C)C(=O)N(C)C)c12. The number of halogens is 4. The molecule has 0 aliphatic rings. The molecule has 0 atom stereocenters. The molecule has 312 valence electrons. The van der Waals surface area contributed by atoms with E-state index in [1.54, 1.807) is 39.3 Å². The first kappa shape index (κ1) is 45.2. The second kappa shape index (κ2) is 18.8. The van der Waals surface area contributed by atoms with Crippen molar-refractivity contribution in [3.8, 4) is 17.0 Å². The van der Waals surface area contributed by atoms with E-state index in [1.165, 1.54) is 27.6 Å². The topological polar surface area (TPSA) is 123 Å². The summed E-state index contributed by atoms with van der Waals surface area (Å²) < 4.78 is 76.7. The maximum Gasteiger partial charge on any atom is 0.393 e. The number of aromatic nitrogens is 3. The molecule has 2 aromatic carbocycles. The molecule has 0 fully saturated rings. The zero-order valence-corrected chi connectivity index (χ0v) is 36.5. The second-order valence-electron chi connectivity index (χ2n) is 16.5. The number of anilines is 2. The van der Waals surface area contributed by atoms with E-state index in [0.717, 1.165) is 24.2 Å². The summed E-state index contributed by atoms with van der Waals surface area (Å²) in [6.07, 6.45) is -6.07. The third kappa shape index (κ3) is 12.7. The molecule has 4 aromatic rings. The zero-order chi connectivity index (χ0) is 42.3. The number of benzene rings is 2. The number of carbonyl (C=O) groups excluding carboxylic acids is 2. The maximum atomic E-state index is 15.8. The lowest BCUT2D eigenvalue weighted by Crippen LogP contribution is -2.36. The number of rotatable bonds is 18. The molecule has 18 heteroatoms. The van der Waals surface area contributed by atoms with Crippen LogP contribution < -0.4 is 20.3 Å². The minimum atomic E-state index is -4.67. The number of urea groups is 1. The van der Waals surface area contributed by atoms with Gasteiger partial charge in [0.15, 0.2) is 24.1 Å². The average molecular weight is 834 g/mol. The molecule has 0 saturated carbocycles. The molecule has 2 N–H and O–H groups in total. The van der Waals surface area contributed by atoms with E-state index in [-0.39, 0.29) is 65.6 Å². The first-order chi connectivity index (χ1) is 26.6. The standard InChI is InChI=1S/C39H55F4N7O5Si2/c1-44-37(51)35-34-32(50(47-35)24-53-15-17-56(5,6)7)21-30(46-36(34)45-23-26-13-11-12-14-31(26)49(4)38(52)48(2)3)28-20-29(40)33(19-27(28)22-39(41,42)43)55-25-54-16-18-57(8,9)10/h11-14,19-21H,15-18,22-25H2,1-10H3,(H,44,51)(H,45,46). The molecule has 57 heavy (non-hydrogen) atoms. The van der Waals surface area contributed by atoms with Crippen LogP contribution in [0.3, 0.4) is 0 Å². The number of nitrogens with zero attached hydrogens (tertiary/aromatic N) is 5. The normalized spacial score (nSPS) is 12.2. The molecular formula is C39H55F4N7O5Si2. The number of carbonyl (C=O) groups is 2. The average Bonchev–Trinajstić information content (AvgIpc) is 3.49. The van der Waals surface area contributed by atoms with Crippen LogP contribution in [-0.2, 0) is 29.2 Å². The van der Waals surface area contributed by atoms with Crippen LogP contribution in [0.15, 0.2) is 42.5 Å². The second-order valence-corrected chi connectivity index (χ2v) is 27.7. The summed E-state index contributed by atoms with van der Waals surface area (Å²) in [6.45, 7) is 13.6. The number of alkyl halides is 3. The number of pyridine rings is 1. The van der Waals surface area contributed by atoms with Gasteiger partial charge in [0.05, 0.1) is 28.7 Å². The van der Waals surface area contributed by atoms with E-state index in [2.05, 4.69) is 55.0 Å². The van der Waals surface area contributed by atoms with Gasteiger partial charge in [-0.1, -0.05) is 57.5 Å². The van der Waals surface area contributed by atoms with Crippen LogP contribution in [0.4, 0.5) is 33.9 Å².